The van der Waals surface area contributed by atoms with Crippen LogP contribution in [0.15, 0.2) is 91.0 Å². The highest BCUT2D eigenvalue weighted by molar-refractivity contribution is 7.76. The minimum atomic E-state index is -0.362. The number of hydrogen-bond acceptors (Lipinski definition) is 0. The monoisotopic (exact) mass is 526 g/mol. The van der Waals surface area contributed by atoms with Crippen molar-refractivity contribution in [3.63, 3.8) is 0 Å². The summed E-state index contributed by atoms with van der Waals surface area (Å²) in [6.45, 7) is 7.09. The van der Waals surface area contributed by atoms with Crippen LogP contribution in [0.4, 0.5) is 0 Å². The molecule has 0 heterocycles. The lowest BCUT2D eigenvalue weighted by Crippen LogP contribution is -2.26. The van der Waals surface area contributed by atoms with Crippen LogP contribution in [-0.2, 0) is 0 Å². The first kappa shape index (κ1) is 28.0. The summed E-state index contributed by atoms with van der Waals surface area (Å²) in [6, 6.07) is 33.6. The highest BCUT2D eigenvalue weighted by Gasteiger charge is 2.39. The predicted octanol–water partition coefficient (Wildman–Crippen LogP) is 9.65. The van der Waals surface area contributed by atoms with Crippen molar-refractivity contribution in [2.45, 2.75) is 74.0 Å². The van der Waals surface area contributed by atoms with E-state index in [1.807, 2.05) is 0 Å². The molecule has 0 bridgehead atoms. The van der Waals surface area contributed by atoms with Gasteiger partial charge in [0, 0.05) is 16.2 Å². The molecule has 0 spiro atoms. The van der Waals surface area contributed by atoms with Crippen LogP contribution >= 0.6 is 35.6 Å². The van der Waals surface area contributed by atoms with E-state index in [1.54, 1.807) is 0 Å². The molecule has 182 valence electrons. The molecule has 0 amide bonds. The molecule has 3 rings (SSSR count). The van der Waals surface area contributed by atoms with Crippen molar-refractivity contribution in [1.82, 2.24) is 0 Å². The van der Waals surface area contributed by atoms with E-state index in [1.165, 1.54) is 16.7 Å². The van der Waals surface area contributed by atoms with E-state index in [2.05, 4.69) is 139 Å². The molecule has 0 nitrogen and oxygen atoms in total. The van der Waals surface area contributed by atoms with E-state index in [0.29, 0.717) is 34.0 Å². The Kier molecular flexibility index (Phi) is 11.7. The molecule has 34 heavy (non-hydrogen) atoms. The van der Waals surface area contributed by atoms with Gasteiger partial charge < -0.3 is 0 Å². The highest BCUT2D eigenvalue weighted by atomic mass is 31.2. The fourth-order valence-electron chi connectivity index (χ4n) is 5.34. The fraction of sp³-hybridized carbons (Fsp3) is 0.400. The Morgan fingerprint density at radius 1 is 0.471 bits per heavy atom. The first-order valence-electron chi connectivity index (χ1n) is 12.7. The summed E-state index contributed by atoms with van der Waals surface area (Å²) < 4.78 is 0. The second-order valence-corrected chi connectivity index (χ2v) is 15.7. The highest BCUT2D eigenvalue weighted by Crippen LogP contribution is 2.67. The van der Waals surface area contributed by atoms with Gasteiger partial charge in [0.1, 0.15) is 0 Å². The lowest BCUT2D eigenvalue weighted by Gasteiger charge is -2.44. The summed E-state index contributed by atoms with van der Waals surface area (Å²) in [5.41, 5.74) is 4.44. The van der Waals surface area contributed by atoms with Crippen molar-refractivity contribution in [2.24, 2.45) is 0 Å². The van der Waals surface area contributed by atoms with Gasteiger partial charge in [-0.25, -0.2) is 0 Å². The maximum Gasteiger partial charge on any atom is 0.00176 e. The third-order valence-corrected chi connectivity index (χ3v) is 14.9. The average Bonchev–Trinajstić information content (AvgIpc) is 2.87. The largest absolute Gasteiger partial charge is 0.129 e. The molecule has 3 aromatic rings. The van der Waals surface area contributed by atoms with Gasteiger partial charge in [-0.3, -0.25) is 0 Å². The van der Waals surface area contributed by atoms with Gasteiger partial charge in [0.2, 0.25) is 0 Å². The molecule has 0 aromatic heterocycles. The lowest BCUT2D eigenvalue weighted by atomic mass is 9.98. The molecule has 3 aromatic carbocycles. The van der Waals surface area contributed by atoms with Crippen molar-refractivity contribution in [1.29, 1.82) is 0 Å². The summed E-state index contributed by atoms with van der Waals surface area (Å²) in [5.74, 6) is 1.64. The molecule has 9 atom stereocenters. The Balaban J connectivity index is 2.04. The summed E-state index contributed by atoms with van der Waals surface area (Å²) in [6.07, 6.45) is 3.49. The average molecular weight is 527 g/mol. The zero-order chi connectivity index (χ0) is 24.5. The van der Waals surface area contributed by atoms with Crippen LogP contribution in [0.1, 0.15) is 74.5 Å². The Hall–Kier alpha value is -0.620. The van der Waals surface area contributed by atoms with Crippen molar-refractivity contribution >= 4 is 35.6 Å². The molecule has 0 aliphatic carbocycles. The summed E-state index contributed by atoms with van der Waals surface area (Å²) in [4.78, 5) is 0. The minimum absolute atomic E-state index is 0.362. The summed E-state index contributed by atoms with van der Waals surface area (Å²) in [7, 11) is 9.69. The zero-order valence-electron chi connectivity index (χ0n) is 20.9. The first-order valence-corrected chi connectivity index (χ1v) is 16.3. The lowest BCUT2D eigenvalue weighted by molar-refractivity contribution is 0.668. The van der Waals surface area contributed by atoms with Crippen molar-refractivity contribution in [3.8, 4) is 0 Å². The fourth-order valence-corrected chi connectivity index (χ4v) is 15.8. The van der Waals surface area contributed by atoms with Crippen LogP contribution in [0, 0.1) is 0 Å². The van der Waals surface area contributed by atoms with Gasteiger partial charge in [-0.2, -0.15) is 0 Å². The van der Waals surface area contributed by atoms with Gasteiger partial charge in [0.05, 0.1) is 0 Å². The Bertz CT molecular complexity index is 820. The maximum absolute atomic E-state index is 3.35. The molecule has 0 radical (unpaired) electrons. The predicted molar refractivity (Wildman–Crippen MR) is 166 cm³/mol. The maximum atomic E-state index is 3.35. The van der Waals surface area contributed by atoms with Gasteiger partial charge in [-0.05, 0) is 53.7 Å². The van der Waals surface area contributed by atoms with Gasteiger partial charge in [-0.15, -0.1) is 27.7 Å². The molecular weight excluding hydrogens is 484 g/mol. The normalized spacial score (nSPS) is 17.8. The topological polar surface area (TPSA) is 0 Å². The quantitative estimate of drug-likeness (QED) is 0.206. The molecule has 0 fully saturated rings. The Morgan fingerprint density at radius 3 is 0.912 bits per heavy atom. The van der Waals surface area contributed by atoms with Gasteiger partial charge in [-0.1, -0.05) is 120 Å². The molecule has 4 heteroatoms. The minimum Gasteiger partial charge on any atom is -0.129 e. The van der Waals surface area contributed by atoms with E-state index in [0.717, 1.165) is 19.3 Å². The summed E-state index contributed by atoms with van der Waals surface area (Å²) in [5, 5.41) is 1.63. The third kappa shape index (κ3) is 6.78. The third-order valence-electron chi connectivity index (χ3n) is 7.27. The van der Waals surface area contributed by atoms with Gasteiger partial charge in [0.25, 0.3) is 0 Å². The first-order chi connectivity index (χ1) is 16.5. The van der Waals surface area contributed by atoms with Crippen LogP contribution in [-0.4, -0.2) is 16.2 Å². The smallest absolute Gasteiger partial charge is 0.00176 e. The van der Waals surface area contributed by atoms with E-state index < -0.39 is 0 Å². The van der Waals surface area contributed by atoms with E-state index in [9.17, 15) is 0 Å². The molecule has 0 aliphatic rings. The van der Waals surface area contributed by atoms with Crippen LogP contribution in [0.3, 0.4) is 0 Å². The zero-order valence-corrected chi connectivity index (χ0v) is 25.3. The SMILES string of the molecule is CCC(c1ccccc1)C(P)P(C(P)C(CC)c1ccccc1)C(P)C(CC)c1ccccc1. The van der Waals surface area contributed by atoms with Crippen molar-refractivity contribution < 1.29 is 0 Å². The molecule has 0 saturated heterocycles. The Labute approximate surface area is 216 Å². The van der Waals surface area contributed by atoms with Crippen LogP contribution in [0.2, 0.25) is 0 Å². The number of benzene rings is 3. The van der Waals surface area contributed by atoms with Crippen LogP contribution in [0.5, 0.6) is 0 Å². The van der Waals surface area contributed by atoms with Gasteiger partial charge >= 0.3 is 0 Å². The van der Waals surface area contributed by atoms with E-state index in [4.69, 9.17) is 0 Å². The standard InChI is InChI=1S/C30H42P4/c1-4-25(22-16-10-7-11-17-22)28(31)34(29(32)26(5-2)23-18-12-8-13-19-23)30(33)27(6-3)24-20-14-9-15-21-24/h7-21,25-30H,4-6,31-33H2,1-3H3. The number of rotatable bonds is 12. The Morgan fingerprint density at radius 2 is 0.706 bits per heavy atom. The van der Waals surface area contributed by atoms with Crippen molar-refractivity contribution in [2.75, 3.05) is 0 Å². The van der Waals surface area contributed by atoms with Gasteiger partial charge in [0.15, 0.2) is 0 Å². The molecular formula is C30H42P4. The van der Waals surface area contributed by atoms with E-state index >= 15 is 0 Å². The van der Waals surface area contributed by atoms with E-state index in [-0.39, 0.29) is 7.92 Å². The van der Waals surface area contributed by atoms with Crippen LogP contribution in [0.25, 0.3) is 0 Å². The second kappa shape index (κ2) is 14.2. The number of hydrogen-bond donors (Lipinski definition) is 0. The summed E-state index contributed by atoms with van der Waals surface area (Å²) >= 11 is 0. The molecule has 0 N–H and O–H groups in total. The van der Waals surface area contributed by atoms with Crippen LogP contribution < -0.4 is 0 Å². The second-order valence-electron chi connectivity index (χ2n) is 9.20. The molecule has 0 saturated carbocycles. The van der Waals surface area contributed by atoms with Crippen molar-refractivity contribution in [3.05, 3.63) is 108 Å². The molecule has 0 aliphatic heterocycles. The molecule has 9 unspecified atom stereocenters.